The van der Waals surface area contributed by atoms with Crippen LogP contribution in [-0.2, 0) is 15.4 Å². The average Bonchev–Trinajstić information content (AvgIpc) is 3.18. The molecule has 10 heteroatoms. The van der Waals surface area contributed by atoms with Crippen LogP contribution in [0.5, 0.6) is 0 Å². The first-order chi connectivity index (χ1) is 15.9. The maximum absolute atomic E-state index is 15.3. The smallest absolute Gasteiger partial charge is 0.269 e. The van der Waals surface area contributed by atoms with Crippen LogP contribution in [0.1, 0.15) is 36.7 Å². The van der Waals surface area contributed by atoms with Gasteiger partial charge in [-0.15, -0.1) is 0 Å². The summed E-state index contributed by atoms with van der Waals surface area (Å²) in [5.74, 6) is -3.53. The highest BCUT2D eigenvalue weighted by Crippen LogP contribution is 2.28. The second-order valence-electron chi connectivity index (χ2n) is 8.72. The van der Waals surface area contributed by atoms with E-state index in [0.29, 0.717) is 10.4 Å². The van der Waals surface area contributed by atoms with Crippen LogP contribution in [0.15, 0.2) is 65.8 Å². The van der Waals surface area contributed by atoms with Crippen LogP contribution in [0.25, 0.3) is 11.0 Å². The Labute approximate surface area is 200 Å². The molecule has 176 valence electrons. The molecule has 34 heavy (non-hydrogen) atoms. The molecule has 0 aliphatic heterocycles. The van der Waals surface area contributed by atoms with Gasteiger partial charge in [0.1, 0.15) is 17.0 Å². The predicted molar refractivity (Wildman–Crippen MR) is 127 cm³/mol. The molecular formula is C24H20ClF2N3O3S. The van der Waals surface area contributed by atoms with E-state index in [4.69, 9.17) is 11.6 Å². The number of carbonyl (C=O) groups is 1. The number of aromatic nitrogens is 2. The first kappa shape index (κ1) is 23.8. The van der Waals surface area contributed by atoms with Crippen LogP contribution in [0.4, 0.5) is 14.5 Å². The van der Waals surface area contributed by atoms with Crippen molar-refractivity contribution in [1.82, 2.24) is 9.55 Å². The largest absolute Gasteiger partial charge is 0.277 e. The summed E-state index contributed by atoms with van der Waals surface area (Å²) in [6.45, 7) is 5.96. The zero-order valence-corrected chi connectivity index (χ0v) is 20.0. The van der Waals surface area contributed by atoms with E-state index in [1.807, 2.05) is 20.8 Å². The maximum atomic E-state index is 15.3. The van der Waals surface area contributed by atoms with Gasteiger partial charge in [-0.3, -0.25) is 14.1 Å². The summed E-state index contributed by atoms with van der Waals surface area (Å²) >= 11 is 5.90. The Morgan fingerprint density at radius 1 is 1.06 bits per heavy atom. The van der Waals surface area contributed by atoms with Crippen molar-refractivity contribution in [2.45, 2.75) is 31.1 Å². The van der Waals surface area contributed by atoms with Gasteiger partial charge < -0.3 is 0 Å². The number of halogens is 3. The van der Waals surface area contributed by atoms with Crippen LogP contribution in [0, 0.1) is 11.6 Å². The van der Waals surface area contributed by atoms with Crippen molar-refractivity contribution >= 4 is 44.3 Å². The van der Waals surface area contributed by atoms with Crippen LogP contribution >= 0.6 is 11.6 Å². The first-order valence-electron chi connectivity index (χ1n) is 10.2. The van der Waals surface area contributed by atoms with Gasteiger partial charge in [-0.1, -0.05) is 44.5 Å². The molecule has 0 radical (unpaired) electrons. The van der Waals surface area contributed by atoms with E-state index in [9.17, 15) is 17.6 Å². The van der Waals surface area contributed by atoms with Crippen LogP contribution in [-0.4, -0.2) is 23.9 Å². The van der Waals surface area contributed by atoms with Gasteiger partial charge in [-0.05, 0) is 47.4 Å². The zero-order chi connectivity index (χ0) is 24.8. The topological polar surface area (TPSA) is 81.1 Å². The SMILES string of the molecule is CC(C)(C)c1ccc(S(=O)(=O)Nc2ccc(F)c(C(=O)n3ccc4cc(Cl)cnc43)c2F)cc1. The molecule has 0 spiro atoms. The monoisotopic (exact) mass is 503 g/mol. The van der Waals surface area contributed by atoms with Gasteiger partial charge in [-0.2, -0.15) is 0 Å². The van der Waals surface area contributed by atoms with Gasteiger partial charge in [0.25, 0.3) is 15.9 Å². The number of fused-ring (bicyclic) bond motifs is 1. The summed E-state index contributed by atoms with van der Waals surface area (Å²) in [5.41, 5.74) is -0.592. The minimum absolute atomic E-state index is 0.102. The van der Waals surface area contributed by atoms with Crippen LogP contribution < -0.4 is 4.72 Å². The minimum atomic E-state index is -4.20. The lowest BCUT2D eigenvalue weighted by molar-refractivity contribution is 0.0956. The molecule has 0 aliphatic carbocycles. The highest BCUT2D eigenvalue weighted by Gasteiger charge is 2.26. The second kappa shape index (κ2) is 8.48. The summed E-state index contributed by atoms with van der Waals surface area (Å²) in [6.07, 6.45) is 2.61. The van der Waals surface area contributed by atoms with Crippen molar-refractivity contribution in [3.05, 3.63) is 88.7 Å². The summed E-state index contributed by atoms with van der Waals surface area (Å²) in [5, 5.41) is 0.833. The molecule has 0 saturated heterocycles. The van der Waals surface area contributed by atoms with E-state index >= 15 is 4.39 Å². The number of hydrogen-bond donors (Lipinski definition) is 1. The molecule has 0 atom stereocenters. The lowest BCUT2D eigenvalue weighted by Crippen LogP contribution is -2.19. The maximum Gasteiger partial charge on any atom is 0.269 e. The van der Waals surface area contributed by atoms with Crippen molar-refractivity contribution in [2.75, 3.05) is 4.72 Å². The standard InChI is InChI=1S/C24H20ClF2N3O3S/c1-24(2,3)15-4-6-17(7-5-15)34(32,33)29-19-9-8-18(26)20(21(19)27)23(31)30-11-10-14-12-16(25)13-28-22(14)30/h4-13,29H,1-3H3. The Hall–Kier alpha value is -3.30. The Bertz CT molecular complexity index is 1530. The van der Waals surface area contributed by atoms with Crippen molar-refractivity contribution < 1.29 is 22.0 Å². The van der Waals surface area contributed by atoms with Gasteiger partial charge in [0.15, 0.2) is 5.82 Å². The molecule has 6 nitrogen and oxygen atoms in total. The first-order valence-corrected chi connectivity index (χ1v) is 12.0. The fraction of sp³-hybridized carbons (Fsp3) is 0.167. The summed E-state index contributed by atoms with van der Waals surface area (Å²) in [7, 11) is -4.20. The molecule has 0 amide bonds. The molecule has 4 rings (SSSR count). The number of hydrogen-bond acceptors (Lipinski definition) is 4. The van der Waals surface area contributed by atoms with Gasteiger partial charge in [0, 0.05) is 17.8 Å². The highest BCUT2D eigenvalue weighted by atomic mass is 35.5. The molecule has 2 aromatic carbocycles. The zero-order valence-electron chi connectivity index (χ0n) is 18.4. The summed E-state index contributed by atoms with van der Waals surface area (Å²) in [4.78, 5) is 16.9. The average molecular weight is 504 g/mol. The number of pyridine rings is 1. The van der Waals surface area contributed by atoms with Crippen LogP contribution in [0.2, 0.25) is 5.02 Å². The Balaban J connectivity index is 1.70. The van der Waals surface area contributed by atoms with Crippen molar-refractivity contribution in [3.8, 4) is 0 Å². The molecule has 0 bridgehead atoms. The molecule has 1 N–H and O–H groups in total. The molecule has 0 fully saturated rings. The second-order valence-corrected chi connectivity index (χ2v) is 10.8. The molecule has 4 aromatic rings. The third kappa shape index (κ3) is 4.41. The lowest BCUT2D eigenvalue weighted by atomic mass is 9.87. The predicted octanol–water partition coefficient (Wildman–Crippen LogP) is 5.75. The number of anilines is 1. The fourth-order valence-electron chi connectivity index (χ4n) is 3.45. The van der Waals surface area contributed by atoms with Gasteiger partial charge in [0.2, 0.25) is 0 Å². The van der Waals surface area contributed by atoms with Crippen molar-refractivity contribution in [1.29, 1.82) is 0 Å². The molecule has 0 unspecified atom stereocenters. The molecule has 2 aromatic heterocycles. The van der Waals surface area contributed by atoms with Gasteiger partial charge in [0.05, 0.1) is 15.6 Å². The number of nitrogens with one attached hydrogen (secondary N) is 1. The molecular weight excluding hydrogens is 484 g/mol. The van der Waals surface area contributed by atoms with Crippen LogP contribution in [0.3, 0.4) is 0 Å². The third-order valence-electron chi connectivity index (χ3n) is 5.29. The number of nitrogens with zero attached hydrogens (tertiary/aromatic N) is 2. The van der Waals surface area contributed by atoms with E-state index < -0.39 is 38.8 Å². The minimum Gasteiger partial charge on any atom is -0.277 e. The van der Waals surface area contributed by atoms with Gasteiger partial charge in [-0.25, -0.2) is 22.2 Å². The Morgan fingerprint density at radius 3 is 2.38 bits per heavy atom. The Morgan fingerprint density at radius 2 is 1.74 bits per heavy atom. The van der Waals surface area contributed by atoms with E-state index in [2.05, 4.69) is 9.71 Å². The van der Waals surface area contributed by atoms with Crippen molar-refractivity contribution in [3.63, 3.8) is 0 Å². The Kier molecular flexibility index (Phi) is 5.95. The summed E-state index contributed by atoms with van der Waals surface area (Å²) in [6, 6.07) is 11.0. The quantitative estimate of drug-likeness (QED) is 0.384. The normalized spacial score (nSPS) is 12.2. The van der Waals surface area contributed by atoms with E-state index in [0.717, 1.165) is 22.3 Å². The summed E-state index contributed by atoms with van der Waals surface area (Å²) < 4.78 is 58.6. The molecule has 2 heterocycles. The number of sulfonamides is 1. The fourth-order valence-corrected chi connectivity index (χ4v) is 4.67. The number of benzene rings is 2. The van der Waals surface area contributed by atoms with E-state index in [1.54, 1.807) is 18.2 Å². The number of carbonyl (C=O) groups excluding carboxylic acids is 1. The molecule has 0 aliphatic rings. The lowest BCUT2D eigenvalue weighted by Gasteiger charge is -2.19. The molecule has 0 saturated carbocycles. The van der Waals surface area contributed by atoms with Crippen molar-refractivity contribution in [2.24, 2.45) is 0 Å². The third-order valence-corrected chi connectivity index (χ3v) is 6.88. The van der Waals surface area contributed by atoms with Gasteiger partial charge >= 0.3 is 0 Å². The van der Waals surface area contributed by atoms with E-state index in [-0.39, 0.29) is 16.0 Å². The van der Waals surface area contributed by atoms with E-state index in [1.165, 1.54) is 30.6 Å². The number of rotatable bonds is 4. The highest BCUT2D eigenvalue weighted by molar-refractivity contribution is 7.92.